The number of nitrogens with zero attached hydrogens (tertiary/aromatic N) is 2. The Hall–Kier alpha value is -3.89. The Morgan fingerprint density at radius 2 is 1.58 bits per heavy atom. The van der Waals surface area contributed by atoms with Crippen LogP contribution in [0.4, 0.5) is 0 Å². The Morgan fingerprint density at radius 3 is 2.33 bits per heavy atom. The van der Waals surface area contributed by atoms with Crippen LogP contribution < -0.4 is 0 Å². The van der Waals surface area contributed by atoms with Gasteiger partial charge in [-0.25, -0.2) is 4.98 Å². The van der Waals surface area contributed by atoms with Crippen molar-refractivity contribution in [2.24, 2.45) is 0 Å². The number of fused-ring (bicyclic) bond motifs is 1. The number of para-hydroxylation sites is 1. The Kier molecular flexibility index (Phi) is 6.18. The van der Waals surface area contributed by atoms with E-state index in [4.69, 9.17) is 9.40 Å². The van der Waals surface area contributed by atoms with Crippen molar-refractivity contribution in [3.63, 3.8) is 0 Å². The Morgan fingerprint density at radius 1 is 0.879 bits per heavy atom. The van der Waals surface area contributed by atoms with Gasteiger partial charge in [0.25, 0.3) is 0 Å². The van der Waals surface area contributed by atoms with E-state index >= 15 is 0 Å². The van der Waals surface area contributed by atoms with Crippen LogP contribution in [0.2, 0.25) is 0 Å². The molecule has 33 heavy (non-hydrogen) atoms. The standard InChI is InChI=1S/C29H27N3O/c1-2-18-32(19-17-24-20-30-26-16-10-9-15-25(24)26)21-27-31-28(22-11-5-3-6-12-22)29(33-27)23-13-7-4-8-14-23/h2-16,20,30H,1,17-19,21H2. The summed E-state index contributed by atoms with van der Waals surface area (Å²) in [6.45, 7) is 6.24. The maximum absolute atomic E-state index is 6.35. The minimum absolute atomic E-state index is 0.626. The first-order valence-corrected chi connectivity index (χ1v) is 11.3. The van der Waals surface area contributed by atoms with E-state index in [2.05, 4.69) is 71.2 Å². The van der Waals surface area contributed by atoms with Crippen LogP contribution in [0.5, 0.6) is 0 Å². The second-order valence-corrected chi connectivity index (χ2v) is 8.15. The van der Waals surface area contributed by atoms with Crippen LogP contribution >= 0.6 is 0 Å². The summed E-state index contributed by atoms with van der Waals surface area (Å²) in [7, 11) is 0. The predicted octanol–water partition coefficient (Wildman–Crippen LogP) is 6.72. The van der Waals surface area contributed by atoms with Crippen LogP contribution in [0, 0.1) is 0 Å². The summed E-state index contributed by atoms with van der Waals surface area (Å²) < 4.78 is 6.35. The zero-order valence-electron chi connectivity index (χ0n) is 18.6. The van der Waals surface area contributed by atoms with Gasteiger partial charge >= 0.3 is 0 Å². The molecule has 4 nitrogen and oxygen atoms in total. The van der Waals surface area contributed by atoms with E-state index < -0.39 is 0 Å². The van der Waals surface area contributed by atoms with Crippen LogP contribution in [0.25, 0.3) is 33.5 Å². The number of H-pyrrole nitrogens is 1. The molecular weight excluding hydrogens is 406 g/mol. The highest BCUT2D eigenvalue weighted by atomic mass is 16.4. The van der Waals surface area contributed by atoms with E-state index in [0.29, 0.717) is 12.4 Å². The minimum Gasteiger partial charge on any atom is -0.439 e. The van der Waals surface area contributed by atoms with Gasteiger partial charge in [-0.05, 0) is 18.1 Å². The Balaban J connectivity index is 1.40. The van der Waals surface area contributed by atoms with E-state index in [1.54, 1.807) is 0 Å². The number of hydrogen-bond acceptors (Lipinski definition) is 3. The quantitative estimate of drug-likeness (QED) is 0.262. The largest absolute Gasteiger partial charge is 0.439 e. The molecule has 164 valence electrons. The van der Waals surface area contributed by atoms with E-state index in [-0.39, 0.29) is 0 Å². The molecule has 0 fully saturated rings. The highest BCUT2D eigenvalue weighted by Crippen LogP contribution is 2.33. The molecule has 2 aromatic heterocycles. The molecule has 0 aliphatic rings. The van der Waals surface area contributed by atoms with Crippen molar-refractivity contribution in [3.05, 3.63) is 115 Å². The summed E-state index contributed by atoms with van der Waals surface area (Å²) in [5.41, 5.74) is 5.47. The van der Waals surface area contributed by atoms with Crippen LogP contribution in [0.3, 0.4) is 0 Å². The fourth-order valence-electron chi connectivity index (χ4n) is 4.23. The molecular formula is C29H27N3O. The first kappa shape index (κ1) is 21.0. The zero-order chi connectivity index (χ0) is 22.5. The van der Waals surface area contributed by atoms with Gasteiger partial charge in [-0.3, -0.25) is 4.90 Å². The molecule has 0 aliphatic carbocycles. The SMILES string of the molecule is C=CCN(CCc1c[nH]c2ccccc12)Cc1nc(-c2ccccc2)c(-c2ccccc2)o1. The third kappa shape index (κ3) is 4.66. The molecule has 0 spiro atoms. The van der Waals surface area contributed by atoms with Gasteiger partial charge in [-0.15, -0.1) is 6.58 Å². The van der Waals surface area contributed by atoms with Gasteiger partial charge in [-0.1, -0.05) is 84.9 Å². The second-order valence-electron chi connectivity index (χ2n) is 8.15. The lowest BCUT2D eigenvalue weighted by molar-refractivity contribution is 0.267. The molecule has 1 N–H and O–H groups in total. The molecule has 0 amide bonds. The lowest BCUT2D eigenvalue weighted by Crippen LogP contribution is -2.26. The third-order valence-corrected chi connectivity index (χ3v) is 5.87. The molecule has 0 atom stereocenters. The van der Waals surface area contributed by atoms with Crippen molar-refractivity contribution in [1.29, 1.82) is 0 Å². The minimum atomic E-state index is 0.626. The van der Waals surface area contributed by atoms with Crippen molar-refractivity contribution in [2.75, 3.05) is 13.1 Å². The first-order valence-electron chi connectivity index (χ1n) is 11.3. The van der Waals surface area contributed by atoms with Crippen molar-refractivity contribution in [1.82, 2.24) is 14.9 Å². The number of rotatable bonds is 9. The molecule has 4 heteroatoms. The van der Waals surface area contributed by atoms with Gasteiger partial charge < -0.3 is 9.40 Å². The van der Waals surface area contributed by atoms with Crippen molar-refractivity contribution >= 4 is 10.9 Å². The highest BCUT2D eigenvalue weighted by molar-refractivity contribution is 5.83. The van der Waals surface area contributed by atoms with E-state index in [1.165, 1.54) is 16.5 Å². The van der Waals surface area contributed by atoms with E-state index in [1.807, 2.05) is 42.5 Å². The van der Waals surface area contributed by atoms with Gasteiger partial charge in [0.1, 0.15) is 5.69 Å². The molecule has 0 radical (unpaired) electrons. The maximum Gasteiger partial charge on any atom is 0.209 e. The average Bonchev–Trinajstić information content (AvgIpc) is 3.48. The predicted molar refractivity (Wildman–Crippen MR) is 135 cm³/mol. The smallest absolute Gasteiger partial charge is 0.209 e. The molecule has 2 heterocycles. The summed E-state index contributed by atoms with van der Waals surface area (Å²) in [6.07, 6.45) is 4.99. The molecule has 0 saturated carbocycles. The fraction of sp³-hybridized carbons (Fsp3) is 0.138. The number of aromatic nitrogens is 2. The number of nitrogens with one attached hydrogen (secondary N) is 1. The van der Waals surface area contributed by atoms with E-state index in [9.17, 15) is 0 Å². The fourth-order valence-corrected chi connectivity index (χ4v) is 4.23. The third-order valence-electron chi connectivity index (χ3n) is 5.87. The molecule has 3 aromatic carbocycles. The number of oxazole rings is 1. The van der Waals surface area contributed by atoms with Gasteiger partial charge in [0.05, 0.1) is 6.54 Å². The second kappa shape index (κ2) is 9.72. The zero-order valence-corrected chi connectivity index (χ0v) is 18.6. The Labute approximate surface area is 194 Å². The van der Waals surface area contributed by atoms with Crippen LogP contribution in [0.1, 0.15) is 11.5 Å². The highest BCUT2D eigenvalue weighted by Gasteiger charge is 2.18. The van der Waals surface area contributed by atoms with Crippen LogP contribution in [-0.4, -0.2) is 28.0 Å². The number of aromatic amines is 1. The van der Waals surface area contributed by atoms with Gasteiger partial charge in [0, 0.05) is 41.3 Å². The topological polar surface area (TPSA) is 45.1 Å². The molecule has 0 unspecified atom stereocenters. The van der Waals surface area contributed by atoms with Gasteiger partial charge in [-0.2, -0.15) is 0 Å². The van der Waals surface area contributed by atoms with Gasteiger partial charge in [0.2, 0.25) is 5.89 Å². The molecule has 0 bridgehead atoms. The summed E-state index contributed by atoms with van der Waals surface area (Å²) in [5.74, 6) is 1.53. The van der Waals surface area contributed by atoms with Crippen molar-refractivity contribution in [2.45, 2.75) is 13.0 Å². The molecule has 5 rings (SSSR count). The number of hydrogen-bond donors (Lipinski definition) is 1. The summed E-state index contributed by atoms with van der Waals surface area (Å²) in [6, 6.07) is 28.9. The lowest BCUT2D eigenvalue weighted by atomic mass is 10.1. The molecule has 5 aromatic rings. The summed E-state index contributed by atoms with van der Waals surface area (Å²) in [4.78, 5) is 10.6. The molecule has 0 aliphatic heterocycles. The normalized spacial score (nSPS) is 11.3. The van der Waals surface area contributed by atoms with Crippen LogP contribution in [-0.2, 0) is 13.0 Å². The Bertz CT molecular complexity index is 1280. The van der Waals surface area contributed by atoms with Crippen LogP contribution in [0.15, 0.2) is 108 Å². The summed E-state index contributed by atoms with van der Waals surface area (Å²) >= 11 is 0. The molecule has 0 saturated heterocycles. The van der Waals surface area contributed by atoms with Crippen molar-refractivity contribution in [3.8, 4) is 22.6 Å². The average molecular weight is 434 g/mol. The lowest BCUT2D eigenvalue weighted by Gasteiger charge is -2.18. The monoisotopic (exact) mass is 433 g/mol. The van der Waals surface area contributed by atoms with Crippen molar-refractivity contribution < 1.29 is 4.42 Å². The van der Waals surface area contributed by atoms with Gasteiger partial charge in [0.15, 0.2) is 5.76 Å². The summed E-state index contributed by atoms with van der Waals surface area (Å²) in [5, 5.41) is 1.28. The van der Waals surface area contributed by atoms with E-state index in [0.717, 1.165) is 42.1 Å². The maximum atomic E-state index is 6.35. The first-order chi connectivity index (χ1) is 16.3. The number of benzene rings is 3.